The predicted octanol–water partition coefficient (Wildman–Crippen LogP) is 24.8. The summed E-state index contributed by atoms with van der Waals surface area (Å²) in [5, 5.41) is 0. The van der Waals surface area contributed by atoms with Gasteiger partial charge in [0.1, 0.15) is 11.5 Å². The van der Waals surface area contributed by atoms with Crippen molar-refractivity contribution in [2.24, 2.45) is 0 Å². The maximum absolute atomic E-state index is 8.13. The summed E-state index contributed by atoms with van der Waals surface area (Å²) in [6, 6.07) is 87.4. The molecule has 13 rings (SSSR count). The summed E-state index contributed by atoms with van der Waals surface area (Å²) in [5.74, 6) is 1.76. The second-order valence-corrected chi connectivity index (χ2v) is 35.2. The fraction of sp³-hybridized carbons (Fsp3) is 0.298. The highest BCUT2D eigenvalue weighted by Gasteiger charge is 2.47. The Bertz CT molecular complexity index is 4630. The summed E-state index contributed by atoms with van der Waals surface area (Å²) in [4.78, 5) is 2.63. The summed E-state index contributed by atoms with van der Waals surface area (Å²) in [6.45, 7) is 48.4. The molecule has 0 aliphatic carbocycles. The molecule has 2 aliphatic heterocycles. The predicted molar refractivity (Wildman–Crippen MR) is 421 cm³/mol. The number of rotatable bonds is 8. The summed E-state index contributed by atoms with van der Waals surface area (Å²) in [7, 11) is 0. The Kier molecular flexibility index (Phi) is 16.5. The molecule has 0 amide bonds. The molecule has 0 radical (unpaired) electrons. The van der Waals surface area contributed by atoms with E-state index in [1.165, 1.54) is 61.0 Å². The maximum atomic E-state index is 8.13. The molecule has 2 nitrogen and oxygen atoms in total. The van der Waals surface area contributed by atoms with E-state index in [9.17, 15) is 0 Å². The fourth-order valence-corrected chi connectivity index (χ4v) is 14.5. The van der Waals surface area contributed by atoms with Gasteiger partial charge in [-0.2, -0.15) is 0 Å². The van der Waals surface area contributed by atoms with Gasteiger partial charge in [0.25, 0.3) is 6.71 Å². The fourth-order valence-electron chi connectivity index (χ4n) is 14.5. The van der Waals surface area contributed by atoms with E-state index in [4.69, 9.17) is 4.74 Å². The minimum atomic E-state index is -0.240. The van der Waals surface area contributed by atoms with Gasteiger partial charge in [-0.15, -0.1) is 0 Å². The number of ether oxygens (including phenoxy) is 1. The second kappa shape index (κ2) is 24.0. The Morgan fingerprint density at radius 2 is 0.577 bits per heavy atom. The van der Waals surface area contributed by atoms with Crippen LogP contribution in [-0.2, 0) is 37.9 Å². The Balaban J connectivity index is 1.26. The van der Waals surface area contributed by atoms with Crippen molar-refractivity contribution in [2.45, 2.75) is 183 Å². The maximum Gasteiger partial charge on any atom is 0.256 e. The summed E-state index contributed by atoms with van der Waals surface area (Å²) in [6.07, 6.45) is 0. The van der Waals surface area contributed by atoms with Crippen LogP contribution in [0, 0.1) is 0 Å². The molecule has 0 saturated carbocycles. The number of hydrogen-bond acceptors (Lipinski definition) is 2. The van der Waals surface area contributed by atoms with E-state index in [1.807, 2.05) is 0 Å². The van der Waals surface area contributed by atoms with Crippen LogP contribution in [0.2, 0.25) is 0 Å². The summed E-state index contributed by atoms with van der Waals surface area (Å²) in [5.41, 5.74) is 31.5. The molecular formula is C94H100BNO. The molecule has 11 aromatic rings. The van der Waals surface area contributed by atoms with Crippen LogP contribution in [0.25, 0.3) is 77.9 Å². The lowest BCUT2D eigenvalue weighted by atomic mass is 9.33. The Labute approximate surface area is 582 Å². The molecule has 0 saturated heterocycles. The third kappa shape index (κ3) is 12.9. The highest BCUT2D eigenvalue weighted by atomic mass is 16.5. The average Bonchev–Trinajstić information content (AvgIpc) is 0.684. The molecule has 97 heavy (non-hydrogen) atoms. The molecule has 3 heteroatoms. The smallest absolute Gasteiger partial charge is 0.256 e. The van der Waals surface area contributed by atoms with Gasteiger partial charge >= 0.3 is 0 Å². The number of hydrogen-bond donors (Lipinski definition) is 0. The van der Waals surface area contributed by atoms with Gasteiger partial charge in [-0.05, 0) is 215 Å². The van der Waals surface area contributed by atoms with Gasteiger partial charge in [-0.3, -0.25) is 0 Å². The lowest BCUT2D eigenvalue weighted by Crippen LogP contribution is -2.60. The van der Waals surface area contributed by atoms with Crippen molar-refractivity contribution in [3.63, 3.8) is 0 Å². The minimum absolute atomic E-state index is 0.0113. The monoisotopic (exact) mass is 1270 g/mol. The van der Waals surface area contributed by atoms with E-state index in [2.05, 4.69) is 375 Å². The molecular weight excluding hydrogens is 1170 g/mol. The van der Waals surface area contributed by atoms with Crippen molar-refractivity contribution in [1.29, 1.82) is 0 Å². The van der Waals surface area contributed by atoms with Crippen molar-refractivity contribution >= 4 is 40.2 Å². The van der Waals surface area contributed by atoms with Crippen LogP contribution < -0.4 is 26.0 Å². The largest absolute Gasteiger partial charge is 0.458 e. The zero-order valence-corrected chi connectivity index (χ0v) is 61.8. The van der Waals surface area contributed by atoms with Crippen molar-refractivity contribution in [3.05, 3.63) is 263 Å². The Morgan fingerprint density at radius 3 is 0.948 bits per heavy atom. The van der Waals surface area contributed by atoms with Crippen molar-refractivity contribution in [1.82, 2.24) is 0 Å². The summed E-state index contributed by atoms with van der Waals surface area (Å²) < 4.78 is 8.13. The van der Waals surface area contributed by atoms with Gasteiger partial charge in [-0.1, -0.05) is 309 Å². The lowest BCUT2D eigenvalue weighted by molar-refractivity contribution is 0.488. The molecule has 0 atom stereocenters. The van der Waals surface area contributed by atoms with E-state index in [1.54, 1.807) is 0 Å². The van der Waals surface area contributed by atoms with Gasteiger partial charge < -0.3 is 9.64 Å². The molecule has 490 valence electrons. The second-order valence-electron chi connectivity index (χ2n) is 35.2. The van der Waals surface area contributed by atoms with Gasteiger partial charge in [0, 0.05) is 28.1 Å². The first-order valence-corrected chi connectivity index (χ1v) is 35.4. The highest BCUT2D eigenvalue weighted by Crippen LogP contribution is 2.57. The third-order valence-electron chi connectivity index (χ3n) is 20.7. The topological polar surface area (TPSA) is 12.5 Å². The van der Waals surface area contributed by atoms with Gasteiger partial charge in [-0.25, -0.2) is 0 Å². The van der Waals surface area contributed by atoms with Crippen LogP contribution >= 0.6 is 0 Å². The highest BCUT2D eigenvalue weighted by molar-refractivity contribution is 6.99. The molecule has 0 unspecified atom stereocenters. The molecule has 2 aliphatic rings. The Hall–Kier alpha value is -8.92. The van der Waals surface area contributed by atoms with Gasteiger partial charge in [0.15, 0.2) is 0 Å². The van der Waals surface area contributed by atoms with Crippen LogP contribution in [0.5, 0.6) is 11.5 Å². The van der Waals surface area contributed by atoms with Crippen LogP contribution in [0.4, 0.5) is 17.1 Å². The standard InChI is InChI=1S/C94H100BNO/c1-88(2,3)70-35-27-59(28-36-70)64-51-65(60-29-37-71(38-30-60)89(4,5)6)54-68(53-64)83-82(63-25-23-22-24-26-63)84(69-55-66(61-31-39-72(40-32-61)90(7,8)9)52-67(56-69)62-33-41-73(42-34-62)91(10,11)12)87-85-86(83)96(77-47-43-74(44-48-77)92(13,14)15)80-49-45-75(93(16,17)18)57-78(80)95(85)79-58-76(94(19,20)21)46-50-81(79)97-87/h22-58H,1-21H3. The lowest BCUT2D eigenvalue weighted by Gasteiger charge is -2.44. The van der Waals surface area contributed by atoms with E-state index in [-0.39, 0.29) is 44.6 Å². The van der Waals surface area contributed by atoms with Crippen molar-refractivity contribution in [3.8, 4) is 89.4 Å². The molecule has 2 heterocycles. The van der Waals surface area contributed by atoms with Crippen LogP contribution in [-0.4, -0.2) is 6.71 Å². The number of fused-ring (bicyclic) bond motifs is 4. The normalized spacial score (nSPS) is 13.5. The van der Waals surface area contributed by atoms with E-state index in [0.717, 1.165) is 101 Å². The zero-order chi connectivity index (χ0) is 69.3. The zero-order valence-electron chi connectivity index (χ0n) is 61.8. The molecule has 11 aromatic carbocycles. The molecule has 0 fully saturated rings. The van der Waals surface area contributed by atoms with Gasteiger partial charge in [0.05, 0.1) is 5.69 Å². The average molecular weight is 1270 g/mol. The third-order valence-corrected chi connectivity index (χ3v) is 20.7. The molecule has 0 N–H and O–H groups in total. The molecule has 0 spiro atoms. The van der Waals surface area contributed by atoms with E-state index < -0.39 is 0 Å². The first-order valence-electron chi connectivity index (χ1n) is 35.4. The SMILES string of the molecule is CC(C)(C)c1ccc(-c2cc(-c3ccc(C(C)(C)C)cc3)cc(-c3c4c5c(c(-c6cc(-c7ccc(C(C)(C)C)cc7)cc(-c7ccc(C(C)(C)C)cc7)c6)c3-c3ccccc3)N(c3ccc(C(C)(C)C)cc3)c3ccc(C(C)(C)C)cc3B5c3cc(C(C)(C)C)ccc3O4)c2)cc1. The van der Waals surface area contributed by atoms with Crippen LogP contribution in [0.3, 0.4) is 0 Å². The number of anilines is 3. The van der Waals surface area contributed by atoms with E-state index >= 15 is 0 Å². The van der Waals surface area contributed by atoms with Gasteiger partial charge in [0.2, 0.25) is 0 Å². The van der Waals surface area contributed by atoms with Crippen molar-refractivity contribution < 1.29 is 4.74 Å². The summed E-state index contributed by atoms with van der Waals surface area (Å²) >= 11 is 0. The van der Waals surface area contributed by atoms with Crippen molar-refractivity contribution in [2.75, 3.05) is 4.90 Å². The number of benzene rings is 11. The minimum Gasteiger partial charge on any atom is -0.458 e. The first-order chi connectivity index (χ1) is 45.5. The molecule has 0 aromatic heterocycles. The van der Waals surface area contributed by atoms with Crippen LogP contribution in [0.15, 0.2) is 224 Å². The van der Waals surface area contributed by atoms with Crippen LogP contribution in [0.1, 0.15) is 184 Å². The quantitative estimate of drug-likeness (QED) is 0.141. The first kappa shape index (κ1) is 66.7. The Morgan fingerprint density at radius 1 is 0.258 bits per heavy atom. The number of nitrogens with zero attached hydrogens (tertiary/aromatic N) is 1. The molecule has 0 bridgehead atoms. The van der Waals surface area contributed by atoms with E-state index in [0.29, 0.717) is 0 Å².